The van der Waals surface area contributed by atoms with Crippen molar-refractivity contribution in [1.29, 1.82) is 0 Å². The van der Waals surface area contributed by atoms with Crippen LogP contribution in [0.2, 0.25) is 0 Å². The third-order valence-corrected chi connectivity index (χ3v) is 5.22. The zero-order valence-corrected chi connectivity index (χ0v) is 18.7. The monoisotopic (exact) mass is 432 g/mol. The first kappa shape index (κ1) is 23.1. The molecular weight excluding hydrogens is 404 g/mol. The first-order valence-corrected chi connectivity index (χ1v) is 10.8. The molecule has 0 radical (unpaired) electrons. The van der Waals surface area contributed by atoms with Crippen molar-refractivity contribution in [1.82, 2.24) is 0 Å². The van der Waals surface area contributed by atoms with E-state index in [9.17, 15) is 14.7 Å². The van der Waals surface area contributed by atoms with Crippen LogP contribution in [0.15, 0.2) is 60.7 Å². The number of ketones is 1. The number of hydrogen-bond donors (Lipinski definition) is 1. The van der Waals surface area contributed by atoms with Crippen LogP contribution in [0.5, 0.6) is 11.5 Å². The van der Waals surface area contributed by atoms with Gasteiger partial charge in [-0.15, -0.1) is 0 Å². The molecule has 0 spiro atoms. The Balaban J connectivity index is 1.87. The topological polar surface area (TPSA) is 72.8 Å². The molecule has 0 saturated heterocycles. The summed E-state index contributed by atoms with van der Waals surface area (Å²) in [4.78, 5) is 24.1. The van der Waals surface area contributed by atoms with E-state index in [4.69, 9.17) is 9.47 Å². The summed E-state index contributed by atoms with van der Waals surface area (Å²) in [6.07, 6.45) is 1.49. The average molecular weight is 433 g/mol. The summed E-state index contributed by atoms with van der Waals surface area (Å²) in [5, 5.41) is 10.6. The summed E-state index contributed by atoms with van der Waals surface area (Å²) in [7, 11) is 0. The van der Waals surface area contributed by atoms with Gasteiger partial charge in [-0.2, -0.15) is 0 Å². The SMILES string of the molecule is CCCc1c(COc2cccc(-c3ccccc3C(=O)OCC)c2)ccc(C(C)=O)c1O. The zero-order valence-electron chi connectivity index (χ0n) is 18.7. The first-order chi connectivity index (χ1) is 15.5. The molecule has 5 heteroatoms. The van der Waals surface area contributed by atoms with Crippen LogP contribution in [0.25, 0.3) is 11.1 Å². The quantitative estimate of drug-likeness (QED) is 0.333. The lowest BCUT2D eigenvalue weighted by atomic mass is 9.97. The van der Waals surface area contributed by atoms with E-state index in [1.165, 1.54) is 6.92 Å². The van der Waals surface area contributed by atoms with Crippen molar-refractivity contribution in [2.75, 3.05) is 6.61 Å². The molecule has 32 heavy (non-hydrogen) atoms. The lowest BCUT2D eigenvalue weighted by molar-refractivity contribution is 0.0527. The van der Waals surface area contributed by atoms with E-state index < -0.39 is 0 Å². The predicted octanol–water partition coefficient (Wildman–Crippen LogP) is 5.97. The van der Waals surface area contributed by atoms with E-state index in [0.717, 1.165) is 28.7 Å². The summed E-state index contributed by atoms with van der Waals surface area (Å²) in [5.41, 5.74) is 4.02. The molecule has 0 aliphatic rings. The third-order valence-electron chi connectivity index (χ3n) is 5.22. The molecule has 0 aromatic heterocycles. The molecule has 0 saturated carbocycles. The number of carbonyl (C=O) groups is 2. The van der Waals surface area contributed by atoms with Crippen LogP contribution < -0.4 is 4.74 Å². The van der Waals surface area contributed by atoms with Gasteiger partial charge in [-0.05, 0) is 61.2 Å². The Bertz CT molecular complexity index is 1120. The Labute approximate surface area is 188 Å². The molecule has 0 atom stereocenters. The second-order valence-electron chi connectivity index (χ2n) is 7.49. The van der Waals surface area contributed by atoms with Crippen LogP contribution in [-0.2, 0) is 17.8 Å². The standard InChI is InChI=1S/C27H28O5/c1-4-9-24-20(14-15-22(18(3)28)26(24)29)17-32-21-11-8-10-19(16-21)23-12-6-7-13-25(23)27(30)31-5-2/h6-8,10-16,29H,4-5,9,17H2,1-3H3. The Morgan fingerprint density at radius 3 is 2.44 bits per heavy atom. The molecule has 3 aromatic rings. The van der Waals surface area contributed by atoms with E-state index in [1.807, 2.05) is 55.5 Å². The van der Waals surface area contributed by atoms with E-state index in [0.29, 0.717) is 29.9 Å². The van der Waals surface area contributed by atoms with Gasteiger partial charge in [-0.3, -0.25) is 4.79 Å². The minimum absolute atomic E-state index is 0.0394. The summed E-state index contributed by atoms with van der Waals surface area (Å²) in [6, 6.07) is 18.3. The largest absolute Gasteiger partial charge is 0.507 e. The number of Topliss-reactive ketones (excluding diaryl/α,β-unsaturated/α-hetero) is 1. The summed E-state index contributed by atoms with van der Waals surface area (Å²) in [6.45, 7) is 5.81. The maximum Gasteiger partial charge on any atom is 0.338 e. The fraction of sp³-hybridized carbons (Fsp3) is 0.259. The highest BCUT2D eigenvalue weighted by molar-refractivity contribution is 5.98. The Morgan fingerprint density at radius 2 is 1.72 bits per heavy atom. The smallest absolute Gasteiger partial charge is 0.338 e. The maximum atomic E-state index is 12.3. The molecule has 0 fully saturated rings. The third kappa shape index (κ3) is 5.17. The van der Waals surface area contributed by atoms with E-state index in [1.54, 1.807) is 19.1 Å². The number of phenols is 1. The highest BCUT2D eigenvalue weighted by atomic mass is 16.5. The maximum absolute atomic E-state index is 12.3. The minimum atomic E-state index is -0.361. The number of benzene rings is 3. The number of hydrogen-bond acceptors (Lipinski definition) is 5. The molecule has 166 valence electrons. The van der Waals surface area contributed by atoms with E-state index in [2.05, 4.69) is 0 Å². The van der Waals surface area contributed by atoms with Crippen LogP contribution in [0, 0.1) is 0 Å². The summed E-state index contributed by atoms with van der Waals surface area (Å²) < 4.78 is 11.2. The van der Waals surface area contributed by atoms with Crippen molar-refractivity contribution >= 4 is 11.8 Å². The molecule has 0 heterocycles. The molecule has 3 aromatic carbocycles. The minimum Gasteiger partial charge on any atom is -0.507 e. The molecule has 0 amide bonds. The Morgan fingerprint density at radius 1 is 0.938 bits per heavy atom. The van der Waals surface area contributed by atoms with Crippen LogP contribution in [-0.4, -0.2) is 23.5 Å². The van der Waals surface area contributed by atoms with Gasteiger partial charge < -0.3 is 14.6 Å². The fourth-order valence-electron chi connectivity index (χ4n) is 3.66. The van der Waals surface area contributed by atoms with Gasteiger partial charge in [-0.25, -0.2) is 4.79 Å². The number of phenolic OH excluding ortho intramolecular Hbond substituents is 1. The molecule has 0 bridgehead atoms. The summed E-state index contributed by atoms with van der Waals surface area (Å²) >= 11 is 0. The van der Waals surface area contributed by atoms with Crippen molar-refractivity contribution in [3.8, 4) is 22.6 Å². The van der Waals surface area contributed by atoms with Gasteiger partial charge in [0.15, 0.2) is 5.78 Å². The number of carbonyl (C=O) groups excluding carboxylic acids is 2. The van der Waals surface area contributed by atoms with Gasteiger partial charge >= 0.3 is 5.97 Å². The highest BCUT2D eigenvalue weighted by Gasteiger charge is 2.16. The molecule has 0 aliphatic heterocycles. The van der Waals surface area contributed by atoms with Crippen molar-refractivity contribution in [3.05, 3.63) is 82.9 Å². The summed E-state index contributed by atoms with van der Waals surface area (Å²) in [5.74, 6) is 0.149. The van der Waals surface area contributed by atoms with Gasteiger partial charge in [0.05, 0.1) is 17.7 Å². The molecule has 0 aliphatic carbocycles. The second kappa shape index (κ2) is 10.6. The van der Waals surface area contributed by atoms with Crippen LogP contribution in [0.4, 0.5) is 0 Å². The first-order valence-electron chi connectivity index (χ1n) is 10.8. The van der Waals surface area contributed by atoms with Crippen LogP contribution >= 0.6 is 0 Å². The normalized spacial score (nSPS) is 10.6. The number of rotatable bonds is 9. The van der Waals surface area contributed by atoms with Crippen molar-refractivity contribution < 1.29 is 24.2 Å². The van der Waals surface area contributed by atoms with Gasteiger partial charge in [-0.1, -0.05) is 49.7 Å². The van der Waals surface area contributed by atoms with Crippen LogP contribution in [0.1, 0.15) is 59.0 Å². The molecule has 3 rings (SSSR count). The molecule has 0 unspecified atom stereocenters. The molecule has 1 N–H and O–H groups in total. The second-order valence-corrected chi connectivity index (χ2v) is 7.49. The molecular formula is C27H28O5. The van der Waals surface area contributed by atoms with Gasteiger partial charge in [0.2, 0.25) is 0 Å². The van der Waals surface area contributed by atoms with Crippen molar-refractivity contribution in [3.63, 3.8) is 0 Å². The van der Waals surface area contributed by atoms with Gasteiger partial charge in [0.1, 0.15) is 18.1 Å². The number of ether oxygens (including phenoxy) is 2. The fourth-order valence-corrected chi connectivity index (χ4v) is 3.66. The highest BCUT2D eigenvalue weighted by Crippen LogP contribution is 2.31. The Kier molecular flexibility index (Phi) is 7.66. The van der Waals surface area contributed by atoms with Gasteiger partial charge in [0.25, 0.3) is 0 Å². The van der Waals surface area contributed by atoms with E-state index in [-0.39, 0.29) is 24.1 Å². The lowest BCUT2D eigenvalue weighted by Crippen LogP contribution is -2.06. The van der Waals surface area contributed by atoms with Gasteiger partial charge in [0, 0.05) is 5.56 Å². The average Bonchev–Trinajstić information content (AvgIpc) is 2.79. The number of aromatic hydroxyl groups is 1. The zero-order chi connectivity index (χ0) is 23.1. The number of esters is 1. The van der Waals surface area contributed by atoms with E-state index >= 15 is 0 Å². The van der Waals surface area contributed by atoms with Crippen molar-refractivity contribution in [2.45, 2.75) is 40.2 Å². The lowest BCUT2D eigenvalue weighted by Gasteiger charge is -2.15. The van der Waals surface area contributed by atoms with Crippen molar-refractivity contribution in [2.24, 2.45) is 0 Å². The van der Waals surface area contributed by atoms with Crippen LogP contribution in [0.3, 0.4) is 0 Å². The predicted molar refractivity (Wildman–Crippen MR) is 124 cm³/mol. The molecule has 5 nitrogen and oxygen atoms in total. The Hall–Kier alpha value is -3.60.